The lowest BCUT2D eigenvalue weighted by atomic mass is 10.1. The zero-order chi connectivity index (χ0) is 15.6. The Morgan fingerprint density at radius 2 is 2.10 bits per heavy atom. The number of benzene rings is 1. The second-order valence-corrected chi connectivity index (χ2v) is 5.86. The topological polar surface area (TPSA) is 63.5 Å². The minimum atomic E-state index is -0.595. The van der Waals surface area contributed by atoms with Gasteiger partial charge in [-0.1, -0.05) is 23.7 Å². The molecule has 5 nitrogen and oxygen atoms in total. The van der Waals surface area contributed by atoms with E-state index < -0.39 is 4.92 Å². The van der Waals surface area contributed by atoms with Gasteiger partial charge < -0.3 is 4.90 Å². The second kappa shape index (κ2) is 6.24. The number of carbonyl (C=O) groups excluding carboxylic acids is 1. The van der Waals surface area contributed by atoms with Crippen LogP contribution in [-0.2, 0) is 0 Å². The summed E-state index contributed by atoms with van der Waals surface area (Å²) >= 11 is 7.53. The van der Waals surface area contributed by atoms with E-state index in [9.17, 15) is 14.9 Å². The molecule has 1 aromatic heterocycles. The van der Waals surface area contributed by atoms with Crippen molar-refractivity contribution in [1.29, 1.82) is 0 Å². The summed E-state index contributed by atoms with van der Waals surface area (Å²) < 4.78 is 0. The molecule has 0 aliphatic heterocycles. The van der Waals surface area contributed by atoms with Gasteiger partial charge in [0.25, 0.3) is 11.6 Å². The number of nitro benzene ring substituents is 1. The summed E-state index contributed by atoms with van der Waals surface area (Å²) in [5.74, 6) is -0.343. The number of nitrogens with zero attached hydrogens (tertiary/aromatic N) is 2. The number of halogens is 1. The normalized spacial score (nSPS) is 12.0. The monoisotopic (exact) mass is 324 g/mol. The van der Waals surface area contributed by atoms with Crippen molar-refractivity contribution in [2.75, 3.05) is 7.05 Å². The lowest BCUT2D eigenvalue weighted by Gasteiger charge is -2.24. The minimum Gasteiger partial charge on any atom is -0.334 e. The number of nitro groups is 1. The Hall–Kier alpha value is -1.92. The minimum absolute atomic E-state index is 0.127. The van der Waals surface area contributed by atoms with E-state index in [4.69, 9.17) is 11.6 Å². The molecule has 0 radical (unpaired) electrons. The van der Waals surface area contributed by atoms with Gasteiger partial charge in [0.1, 0.15) is 5.02 Å². The predicted octanol–water partition coefficient (Wildman–Crippen LogP) is 4.14. The fourth-order valence-corrected chi connectivity index (χ4v) is 3.01. The first-order chi connectivity index (χ1) is 9.93. The van der Waals surface area contributed by atoms with E-state index in [1.165, 1.54) is 23.1 Å². The molecular weight excluding hydrogens is 312 g/mol. The number of hydrogen-bond acceptors (Lipinski definition) is 4. The first kappa shape index (κ1) is 15.5. The molecule has 0 saturated carbocycles. The Bertz CT molecular complexity index is 673. The highest BCUT2D eigenvalue weighted by molar-refractivity contribution is 7.10. The highest BCUT2D eigenvalue weighted by atomic mass is 35.5. The van der Waals surface area contributed by atoms with Gasteiger partial charge in [-0.25, -0.2) is 0 Å². The van der Waals surface area contributed by atoms with Crippen LogP contribution in [0.25, 0.3) is 0 Å². The van der Waals surface area contributed by atoms with Gasteiger partial charge in [-0.15, -0.1) is 11.3 Å². The van der Waals surface area contributed by atoms with Gasteiger partial charge >= 0.3 is 0 Å². The fourth-order valence-electron chi connectivity index (χ4n) is 1.91. The molecule has 0 aliphatic carbocycles. The lowest BCUT2D eigenvalue weighted by molar-refractivity contribution is -0.384. The molecule has 21 heavy (non-hydrogen) atoms. The molecule has 0 spiro atoms. The van der Waals surface area contributed by atoms with Gasteiger partial charge in [0, 0.05) is 18.0 Å². The third kappa shape index (κ3) is 3.06. The van der Waals surface area contributed by atoms with E-state index in [2.05, 4.69) is 0 Å². The van der Waals surface area contributed by atoms with Crippen LogP contribution in [0.3, 0.4) is 0 Å². The molecule has 1 amide bonds. The van der Waals surface area contributed by atoms with E-state index in [0.717, 1.165) is 4.88 Å². The zero-order valence-electron chi connectivity index (χ0n) is 11.4. The SMILES string of the molecule is CC(c1cccs1)N(C)C(=O)c1cccc([N+](=O)[O-])c1Cl. The average molecular weight is 325 g/mol. The van der Waals surface area contributed by atoms with Crippen LogP contribution in [0.1, 0.15) is 28.2 Å². The van der Waals surface area contributed by atoms with Crippen molar-refractivity contribution in [3.05, 3.63) is 61.3 Å². The van der Waals surface area contributed by atoms with Crippen LogP contribution < -0.4 is 0 Å². The van der Waals surface area contributed by atoms with E-state index in [-0.39, 0.29) is 28.2 Å². The molecule has 0 fully saturated rings. The maximum absolute atomic E-state index is 12.5. The van der Waals surface area contributed by atoms with Crippen LogP contribution in [0.2, 0.25) is 5.02 Å². The summed E-state index contributed by atoms with van der Waals surface area (Å²) in [6, 6.07) is 7.95. The maximum atomic E-state index is 12.5. The molecule has 0 bridgehead atoms. The molecule has 1 atom stereocenters. The molecule has 0 N–H and O–H groups in total. The highest BCUT2D eigenvalue weighted by Crippen LogP contribution is 2.31. The van der Waals surface area contributed by atoms with Crippen molar-refractivity contribution in [2.45, 2.75) is 13.0 Å². The summed E-state index contributed by atoms with van der Waals surface area (Å²) in [5.41, 5.74) is -0.128. The van der Waals surface area contributed by atoms with E-state index in [0.29, 0.717) is 0 Å². The van der Waals surface area contributed by atoms with Gasteiger partial charge in [0.05, 0.1) is 16.5 Å². The van der Waals surface area contributed by atoms with Crippen molar-refractivity contribution in [2.24, 2.45) is 0 Å². The van der Waals surface area contributed by atoms with E-state index in [1.807, 2.05) is 24.4 Å². The molecular formula is C14H13ClN2O3S. The van der Waals surface area contributed by atoms with Crippen LogP contribution in [-0.4, -0.2) is 22.8 Å². The van der Waals surface area contributed by atoms with Crippen LogP contribution in [0.15, 0.2) is 35.7 Å². The van der Waals surface area contributed by atoms with Gasteiger partial charge in [-0.3, -0.25) is 14.9 Å². The molecule has 110 valence electrons. The van der Waals surface area contributed by atoms with Crippen molar-refractivity contribution in [1.82, 2.24) is 4.90 Å². The Morgan fingerprint density at radius 3 is 2.67 bits per heavy atom. The second-order valence-electron chi connectivity index (χ2n) is 4.50. The molecule has 2 aromatic rings. The highest BCUT2D eigenvalue weighted by Gasteiger charge is 2.25. The van der Waals surface area contributed by atoms with Crippen molar-refractivity contribution in [3.8, 4) is 0 Å². The van der Waals surface area contributed by atoms with E-state index in [1.54, 1.807) is 18.4 Å². The Morgan fingerprint density at radius 1 is 1.38 bits per heavy atom. The van der Waals surface area contributed by atoms with Crippen LogP contribution in [0, 0.1) is 10.1 Å². The van der Waals surface area contributed by atoms with Gasteiger partial charge in [-0.05, 0) is 24.4 Å². The molecule has 1 aromatic carbocycles. The third-order valence-corrected chi connectivity index (χ3v) is 4.70. The van der Waals surface area contributed by atoms with Crippen molar-refractivity contribution >= 4 is 34.5 Å². The number of amides is 1. The zero-order valence-corrected chi connectivity index (χ0v) is 13.0. The van der Waals surface area contributed by atoms with Crippen LogP contribution in [0.4, 0.5) is 5.69 Å². The standard InChI is InChI=1S/C14H13ClN2O3S/c1-9(12-7-4-8-21-12)16(2)14(18)10-5-3-6-11(13(10)15)17(19)20/h3-9H,1-2H3. The first-order valence-electron chi connectivity index (χ1n) is 6.17. The summed E-state index contributed by atoms with van der Waals surface area (Å²) in [5, 5.41) is 12.7. The average Bonchev–Trinajstić information content (AvgIpc) is 2.99. The summed E-state index contributed by atoms with van der Waals surface area (Å²) in [6.45, 7) is 1.90. The smallest absolute Gasteiger partial charge is 0.288 e. The number of rotatable bonds is 4. The Kier molecular flexibility index (Phi) is 4.59. The molecule has 0 saturated heterocycles. The van der Waals surface area contributed by atoms with Crippen LogP contribution >= 0.6 is 22.9 Å². The van der Waals surface area contributed by atoms with Gasteiger partial charge in [0.2, 0.25) is 0 Å². The molecule has 7 heteroatoms. The summed E-state index contributed by atoms with van der Waals surface area (Å²) in [7, 11) is 1.65. The third-order valence-electron chi connectivity index (χ3n) is 3.26. The predicted molar refractivity (Wildman–Crippen MR) is 82.9 cm³/mol. The van der Waals surface area contributed by atoms with E-state index >= 15 is 0 Å². The largest absolute Gasteiger partial charge is 0.334 e. The van der Waals surface area contributed by atoms with Gasteiger partial charge in [-0.2, -0.15) is 0 Å². The van der Waals surface area contributed by atoms with Crippen LogP contribution in [0.5, 0.6) is 0 Å². The van der Waals surface area contributed by atoms with Crippen molar-refractivity contribution < 1.29 is 9.72 Å². The molecule has 0 aliphatic rings. The molecule has 1 heterocycles. The quantitative estimate of drug-likeness (QED) is 0.627. The number of thiophene rings is 1. The lowest BCUT2D eigenvalue weighted by Crippen LogP contribution is -2.29. The van der Waals surface area contributed by atoms with Gasteiger partial charge in [0.15, 0.2) is 0 Å². The number of hydrogen-bond donors (Lipinski definition) is 0. The first-order valence-corrected chi connectivity index (χ1v) is 7.42. The summed E-state index contributed by atoms with van der Waals surface area (Å²) in [4.78, 5) is 25.3. The molecule has 2 rings (SSSR count). The number of carbonyl (C=O) groups is 1. The molecule has 1 unspecified atom stereocenters. The van der Waals surface area contributed by atoms with Crippen molar-refractivity contribution in [3.63, 3.8) is 0 Å². The summed E-state index contributed by atoms with van der Waals surface area (Å²) in [6.07, 6.45) is 0. The maximum Gasteiger partial charge on any atom is 0.288 e. The Balaban J connectivity index is 2.32. The Labute approximate surface area is 130 Å². The fraction of sp³-hybridized carbons (Fsp3) is 0.214.